The van der Waals surface area contributed by atoms with E-state index in [1.807, 2.05) is 34.1 Å². The summed E-state index contributed by atoms with van der Waals surface area (Å²) in [5, 5.41) is 3.41. The molecule has 2 fully saturated rings. The molecule has 1 aromatic carbocycles. The van der Waals surface area contributed by atoms with Gasteiger partial charge in [0.25, 0.3) is 5.91 Å². The Balaban J connectivity index is 0.00000280. The number of carbonyl (C=O) groups is 2. The second-order valence-electron chi connectivity index (χ2n) is 7.42. The molecule has 0 saturated carbocycles. The Bertz CT molecular complexity index is 644. The number of benzene rings is 1. The molecule has 0 bridgehead atoms. The van der Waals surface area contributed by atoms with Crippen LogP contribution in [0.15, 0.2) is 29.2 Å². The van der Waals surface area contributed by atoms with Crippen molar-refractivity contribution >= 4 is 36.0 Å². The quantitative estimate of drug-likeness (QED) is 0.681. The Morgan fingerprint density at radius 2 is 1.75 bits per heavy atom. The maximum atomic E-state index is 13.0. The van der Waals surface area contributed by atoms with Crippen molar-refractivity contribution in [3.63, 3.8) is 0 Å². The van der Waals surface area contributed by atoms with Crippen LogP contribution in [-0.4, -0.2) is 66.6 Å². The summed E-state index contributed by atoms with van der Waals surface area (Å²) < 4.78 is 0. The number of nitrogens with one attached hydrogen (secondary N) is 1. The summed E-state index contributed by atoms with van der Waals surface area (Å²) in [6.07, 6.45) is 4.33. The van der Waals surface area contributed by atoms with Gasteiger partial charge in [0.15, 0.2) is 0 Å². The number of carbonyl (C=O) groups excluding carboxylic acids is 2. The number of piperidine rings is 1. The lowest BCUT2D eigenvalue weighted by Gasteiger charge is -2.32. The van der Waals surface area contributed by atoms with Crippen molar-refractivity contribution in [2.24, 2.45) is 5.92 Å². The fourth-order valence-electron chi connectivity index (χ4n) is 3.83. The van der Waals surface area contributed by atoms with E-state index in [-0.39, 0.29) is 24.2 Å². The maximum Gasteiger partial charge on any atom is 0.254 e. The molecule has 0 atom stereocenters. The topological polar surface area (TPSA) is 52.7 Å². The maximum absolute atomic E-state index is 13.0. The van der Waals surface area contributed by atoms with Crippen molar-refractivity contribution in [3.05, 3.63) is 29.8 Å². The van der Waals surface area contributed by atoms with Gasteiger partial charge in [-0.25, -0.2) is 0 Å². The van der Waals surface area contributed by atoms with Crippen LogP contribution in [0.5, 0.6) is 0 Å². The highest BCUT2D eigenvalue weighted by molar-refractivity contribution is 8.00. The molecule has 2 heterocycles. The number of hydrogen-bond acceptors (Lipinski definition) is 4. The van der Waals surface area contributed by atoms with Crippen LogP contribution >= 0.6 is 24.2 Å². The predicted molar refractivity (Wildman–Crippen MR) is 117 cm³/mol. The molecule has 1 N–H and O–H groups in total. The molecule has 28 heavy (non-hydrogen) atoms. The third kappa shape index (κ3) is 6.13. The molecule has 2 saturated heterocycles. The third-order valence-electron chi connectivity index (χ3n) is 5.51. The van der Waals surface area contributed by atoms with E-state index in [0.717, 1.165) is 75.4 Å². The van der Waals surface area contributed by atoms with Gasteiger partial charge in [0.1, 0.15) is 0 Å². The van der Waals surface area contributed by atoms with E-state index in [1.54, 1.807) is 0 Å². The lowest BCUT2D eigenvalue weighted by molar-refractivity contribution is -0.127. The molecular weight excluding hydrogens is 394 g/mol. The molecule has 0 spiro atoms. The van der Waals surface area contributed by atoms with E-state index in [0.29, 0.717) is 11.7 Å². The number of amides is 2. The highest BCUT2D eigenvalue weighted by atomic mass is 35.5. The van der Waals surface area contributed by atoms with Gasteiger partial charge in [0.05, 0.1) is 11.3 Å². The Hall–Kier alpha value is -1.24. The van der Waals surface area contributed by atoms with E-state index in [9.17, 15) is 9.59 Å². The standard InChI is InChI=1S/C21H31N3O2S.ClH/c1-2-22-15-17-9-13-24(14-10-17)21(26)18-7-3-4-8-19(18)27-16-20(25)23-11-5-6-12-23;/h3-4,7-8,17,22H,2,5-6,9-16H2,1H3;1H. The van der Waals surface area contributed by atoms with Gasteiger partial charge < -0.3 is 15.1 Å². The molecule has 5 nitrogen and oxygen atoms in total. The number of halogens is 1. The zero-order valence-electron chi connectivity index (χ0n) is 16.7. The number of nitrogens with zero attached hydrogens (tertiary/aromatic N) is 2. The monoisotopic (exact) mass is 425 g/mol. The molecule has 0 aliphatic carbocycles. The van der Waals surface area contributed by atoms with Crippen LogP contribution in [0.2, 0.25) is 0 Å². The molecule has 156 valence electrons. The first-order valence-electron chi connectivity index (χ1n) is 10.2. The Morgan fingerprint density at radius 3 is 2.43 bits per heavy atom. The van der Waals surface area contributed by atoms with Crippen LogP contribution in [0.25, 0.3) is 0 Å². The van der Waals surface area contributed by atoms with E-state index in [2.05, 4.69) is 12.2 Å². The van der Waals surface area contributed by atoms with Gasteiger partial charge in [-0.05, 0) is 56.8 Å². The zero-order chi connectivity index (χ0) is 19.1. The first kappa shape index (κ1) is 23.0. The second kappa shape index (κ2) is 11.7. The molecule has 2 amide bonds. The summed E-state index contributed by atoms with van der Waals surface area (Å²) in [6, 6.07) is 7.72. The van der Waals surface area contributed by atoms with E-state index < -0.39 is 0 Å². The molecule has 0 aromatic heterocycles. The van der Waals surface area contributed by atoms with Gasteiger partial charge in [-0.15, -0.1) is 24.2 Å². The Kier molecular flexibility index (Phi) is 9.62. The summed E-state index contributed by atoms with van der Waals surface area (Å²) >= 11 is 1.50. The average molecular weight is 426 g/mol. The number of hydrogen-bond donors (Lipinski definition) is 1. The van der Waals surface area contributed by atoms with Crippen LogP contribution in [0.4, 0.5) is 0 Å². The number of likely N-dealkylation sites (tertiary alicyclic amines) is 2. The van der Waals surface area contributed by atoms with Gasteiger partial charge in [-0.3, -0.25) is 9.59 Å². The summed E-state index contributed by atoms with van der Waals surface area (Å²) in [5.74, 6) is 1.36. The van der Waals surface area contributed by atoms with Crippen LogP contribution in [-0.2, 0) is 4.79 Å². The fourth-order valence-corrected chi connectivity index (χ4v) is 4.77. The smallest absolute Gasteiger partial charge is 0.254 e. The first-order chi connectivity index (χ1) is 13.2. The molecule has 1 aromatic rings. The lowest BCUT2D eigenvalue weighted by atomic mass is 9.96. The number of rotatable bonds is 7. The van der Waals surface area contributed by atoms with Crippen molar-refractivity contribution in [2.45, 2.75) is 37.5 Å². The Morgan fingerprint density at radius 1 is 1.07 bits per heavy atom. The van der Waals surface area contributed by atoms with Crippen molar-refractivity contribution in [1.82, 2.24) is 15.1 Å². The van der Waals surface area contributed by atoms with Crippen molar-refractivity contribution in [1.29, 1.82) is 0 Å². The van der Waals surface area contributed by atoms with Crippen LogP contribution in [0, 0.1) is 5.92 Å². The largest absolute Gasteiger partial charge is 0.342 e. The third-order valence-corrected chi connectivity index (χ3v) is 6.57. The van der Waals surface area contributed by atoms with Gasteiger partial charge in [0.2, 0.25) is 5.91 Å². The van der Waals surface area contributed by atoms with Gasteiger partial charge in [0, 0.05) is 31.1 Å². The van der Waals surface area contributed by atoms with Crippen LogP contribution < -0.4 is 5.32 Å². The van der Waals surface area contributed by atoms with Crippen molar-refractivity contribution in [3.8, 4) is 0 Å². The first-order valence-corrected chi connectivity index (χ1v) is 11.2. The molecule has 2 aliphatic heterocycles. The van der Waals surface area contributed by atoms with Gasteiger partial charge in [-0.1, -0.05) is 19.1 Å². The second-order valence-corrected chi connectivity index (χ2v) is 8.43. The summed E-state index contributed by atoms with van der Waals surface area (Å²) in [5.41, 5.74) is 0.738. The number of thioether (sulfide) groups is 1. The minimum absolute atomic E-state index is 0. The molecule has 7 heteroatoms. The minimum Gasteiger partial charge on any atom is -0.342 e. The lowest BCUT2D eigenvalue weighted by Crippen LogP contribution is -2.41. The molecule has 2 aliphatic rings. The average Bonchev–Trinajstić information content (AvgIpc) is 3.25. The molecular formula is C21H32ClN3O2S. The summed E-state index contributed by atoms with van der Waals surface area (Å²) in [7, 11) is 0. The van der Waals surface area contributed by atoms with Crippen LogP contribution in [0.1, 0.15) is 43.0 Å². The van der Waals surface area contributed by atoms with Crippen molar-refractivity contribution in [2.75, 3.05) is 45.0 Å². The molecule has 0 unspecified atom stereocenters. The fraction of sp³-hybridized carbons (Fsp3) is 0.619. The van der Waals surface area contributed by atoms with E-state index >= 15 is 0 Å². The van der Waals surface area contributed by atoms with Crippen molar-refractivity contribution < 1.29 is 9.59 Å². The molecule has 0 radical (unpaired) electrons. The highest BCUT2D eigenvalue weighted by Crippen LogP contribution is 2.26. The highest BCUT2D eigenvalue weighted by Gasteiger charge is 2.25. The van der Waals surface area contributed by atoms with Gasteiger partial charge in [-0.2, -0.15) is 0 Å². The van der Waals surface area contributed by atoms with Crippen LogP contribution in [0.3, 0.4) is 0 Å². The summed E-state index contributed by atoms with van der Waals surface area (Å²) in [4.78, 5) is 30.2. The summed E-state index contributed by atoms with van der Waals surface area (Å²) in [6.45, 7) is 7.57. The van der Waals surface area contributed by atoms with Gasteiger partial charge >= 0.3 is 0 Å². The molecule has 3 rings (SSSR count). The zero-order valence-corrected chi connectivity index (χ0v) is 18.3. The minimum atomic E-state index is 0. The Labute approximate surface area is 179 Å². The predicted octanol–water partition coefficient (Wildman–Crippen LogP) is 3.28. The van der Waals surface area contributed by atoms with E-state index in [4.69, 9.17) is 0 Å². The SMILES string of the molecule is CCNCC1CCN(C(=O)c2ccccc2SCC(=O)N2CCCC2)CC1.Cl. The van der Waals surface area contributed by atoms with E-state index in [1.165, 1.54) is 11.8 Å². The normalized spacial score (nSPS) is 17.5.